The van der Waals surface area contributed by atoms with Crippen molar-refractivity contribution in [3.8, 4) is 11.8 Å². The number of nitrogens with two attached hydrogens (primary N) is 1. The molecule has 0 bridgehead atoms. The van der Waals surface area contributed by atoms with Crippen LogP contribution in [0.1, 0.15) is 42.0 Å². The molecular weight excluding hydrogens is 385 g/mol. The largest absolute Gasteiger partial charge is 0.496 e. The summed E-state index contributed by atoms with van der Waals surface area (Å²) in [6.45, 7) is 1.75. The molecular formula is C21H24FN7O. The van der Waals surface area contributed by atoms with Gasteiger partial charge in [0, 0.05) is 19.0 Å². The van der Waals surface area contributed by atoms with Crippen molar-refractivity contribution in [1.82, 2.24) is 15.3 Å². The minimum Gasteiger partial charge on any atom is -0.496 e. The van der Waals surface area contributed by atoms with Crippen LogP contribution in [-0.2, 0) is 0 Å². The van der Waals surface area contributed by atoms with Crippen molar-refractivity contribution in [2.75, 3.05) is 27.2 Å². The fourth-order valence-electron chi connectivity index (χ4n) is 3.50. The van der Waals surface area contributed by atoms with E-state index in [4.69, 9.17) is 15.7 Å². The van der Waals surface area contributed by atoms with Gasteiger partial charge in [-0.15, -0.1) is 0 Å². The van der Waals surface area contributed by atoms with Gasteiger partial charge in [-0.1, -0.05) is 0 Å². The Balaban J connectivity index is 1.85. The van der Waals surface area contributed by atoms with Gasteiger partial charge >= 0.3 is 0 Å². The van der Waals surface area contributed by atoms with Crippen LogP contribution < -0.4 is 15.8 Å². The molecule has 0 spiro atoms. The number of methoxy groups -OCH3 is 1. The molecule has 1 aromatic carbocycles. The summed E-state index contributed by atoms with van der Waals surface area (Å²) in [7, 11) is 3.17. The van der Waals surface area contributed by atoms with Crippen molar-refractivity contribution in [3.05, 3.63) is 47.2 Å². The van der Waals surface area contributed by atoms with E-state index in [9.17, 15) is 4.39 Å². The molecule has 0 saturated carbocycles. The molecule has 30 heavy (non-hydrogen) atoms. The third kappa shape index (κ3) is 4.96. The molecule has 1 saturated heterocycles. The summed E-state index contributed by atoms with van der Waals surface area (Å²) in [4.78, 5) is 16.4. The number of nitriles is 1. The Morgan fingerprint density at radius 1 is 1.33 bits per heavy atom. The molecule has 0 aliphatic carbocycles. The van der Waals surface area contributed by atoms with E-state index >= 15 is 0 Å². The molecule has 2 aromatic rings. The van der Waals surface area contributed by atoms with Crippen LogP contribution in [0.2, 0.25) is 0 Å². The summed E-state index contributed by atoms with van der Waals surface area (Å²) >= 11 is 0. The monoisotopic (exact) mass is 409 g/mol. The van der Waals surface area contributed by atoms with E-state index in [0.29, 0.717) is 22.6 Å². The summed E-state index contributed by atoms with van der Waals surface area (Å²) in [6.07, 6.45) is 4.64. The number of aliphatic imine (C=N–C) groups is 2. The second kappa shape index (κ2) is 9.89. The van der Waals surface area contributed by atoms with Crippen molar-refractivity contribution in [2.45, 2.75) is 25.2 Å². The number of nitrogens with zero attached hydrogens (tertiary/aromatic N) is 5. The number of halogens is 1. The van der Waals surface area contributed by atoms with Crippen LogP contribution in [0.15, 0.2) is 34.5 Å². The fourth-order valence-corrected chi connectivity index (χ4v) is 3.50. The average Bonchev–Trinajstić information content (AvgIpc) is 2.78. The van der Waals surface area contributed by atoms with Gasteiger partial charge in [-0.05, 0) is 49.5 Å². The van der Waals surface area contributed by atoms with Crippen LogP contribution in [-0.4, -0.2) is 48.8 Å². The molecule has 9 heteroatoms. The van der Waals surface area contributed by atoms with Crippen LogP contribution in [0.3, 0.4) is 0 Å². The highest BCUT2D eigenvalue weighted by atomic mass is 19.1. The van der Waals surface area contributed by atoms with Gasteiger partial charge in [-0.2, -0.15) is 5.26 Å². The van der Waals surface area contributed by atoms with Crippen molar-refractivity contribution in [3.63, 3.8) is 0 Å². The zero-order chi connectivity index (χ0) is 21.5. The standard InChI is InChI=1S/C21H24FN7O/c1-25-18(9-20(24)29-21-12-27-14(10-23)11-28-21)16-7-17(22)15(8-19(16)30-2)13-3-5-26-6-4-13/h7-8,11-13,26H,3-6,9H2,1-2H3,(H2,24,28,29). The van der Waals surface area contributed by atoms with Crippen molar-refractivity contribution in [2.24, 2.45) is 15.7 Å². The van der Waals surface area contributed by atoms with Crippen LogP contribution >= 0.6 is 0 Å². The first-order valence-electron chi connectivity index (χ1n) is 9.65. The molecule has 1 fully saturated rings. The zero-order valence-corrected chi connectivity index (χ0v) is 17.0. The quantitative estimate of drug-likeness (QED) is 0.558. The number of ether oxygens (including phenoxy) is 1. The van der Waals surface area contributed by atoms with Gasteiger partial charge in [0.1, 0.15) is 23.5 Å². The third-order valence-corrected chi connectivity index (χ3v) is 5.04. The summed E-state index contributed by atoms with van der Waals surface area (Å²) in [6, 6.07) is 5.13. The lowest BCUT2D eigenvalue weighted by Crippen LogP contribution is -2.27. The molecule has 3 N–H and O–H groups in total. The molecule has 0 atom stereocenters. The number of aromatic nitrogens is 2. The first-order chi connectivity index (χ1) is 14.5. The van der Waals surface area contributed by atoms with Crippen molar-refractivity contribution in [1.29, 1.82) is 5.26 Å². The van der Waals surface area contributed by atoms with Crippen LogP contribution in [0.5, 0.6) is 5.75 Å². The predicted molar refractivity (Wildman–Crippen MR) is 113 cm³/mol. The molecule has 0 radical (unpaired) electrons. The molecule has 0 unspecified atom stereocenters. The number of amidine groups is 1. The lowest BCUT2D eigenvalue weighted by molar-refractivity contribution is 0.406. The molecule has 1 aromatic heterocycles. The minimum atomic E-state index is -0.271. The topological polar surface area (TPSA) is 122 Å². The first-order valence-corrected chi connectivity index (χ1v) is 9.65. The molecule has 3 rings (SSSR count). The number of rotatable bonds is 6. The number of hydrogen-bond acceptors (Lipinski definition) is 7. The molecule has 1 aliphatic heterocycles. The van der Waals surface area contributed by atoms with Gasteiger partial charge in [-0.25, -0.2) is 19.4 Å². The van der Waals surface area contributed by atoms with Gasteiger partial charge in [0.15, 0.2) is 11.5 Å². The summed E-state index contributed by atoms with van der Waals surface area (Å²) in [5.41, 5.74) is 8.01. The van der Waals surface area contributed by atoms with E-state index in [1.54, 1.807) is 20.2 Å². The van der Waals surface area contributed by atoms with E-state index in [2.05, 4.69) is 25.3 Å². The number of benzene rings is 1. The average molecular weight is 409 g/mol. The highest BCUT2D eigenvalue weighted by Gasteiger charge is 2.22. The van der Waals surface area contributed by atoms with Gasteiger partial charge in [-0.3, -0.25) is 4.99 Å². The molecule has 0 amide bonds. The number of nitrogens with one attached hydrogen (secondary N) is 1. The van der Waals surface area contributed by atoms with Gasteiger partial charge in [0.05, 0.1) is 25.2 Å². The van der Waals surface area contributed by atoms with Crippen molar-refractivity contribution < 1.29 is 9.13 Å². The normalized spacial score (nSPS) is 15.7. The predicted octanol–water partition coefficient (Wildman–Crippen LogP) is 2.46. The first kappa shape index (κ1) is 21.3. The highest BCUT2D eigenvalue weighted by Crippen LogP contribution is 2.33. The summed E-state index contributed by atoms with van der Waals surface area (Å²) in [5, 5.41) is 12.1. The Labute approximate surface area is 174 Å². The maximum Gasteiger partial charge on any atom is 0.172 e. The van der Waals surface area contributed by atoms with E-state index in [0.717, 1.165) is 25.9 Å². The third-order valence-electron chi connectivity index (χ3n) is 5.04. The smallest absolute Gasteiger partial charge is 0.172 e. The Morgan fingerprint density at radius 2 is 2.10 bits per heavy atom. The van der Waals surface area contributed by atoms with Crippen molar-refractivity contribution >= 4 is 17.4 Å². The maximum absolute atomic E-state index is 15.0. The second-order valence-electron chi connectivity index (χ2n) is 6.92. The van der Waals surface area contributed by atoms with Crippen LogP contribution in [0, 0.1) is 17.1 Å². The SMILES string of the molecule is CN=C(CC(N)=Nc1cnc(C#N)cn1)c1cc(F)c(C2CCNCC2)cc1OC. The highest BCUT2D eigenvalue weighted by molar-refractivity contribution is 6.13. The molecule has 8 nitrogen and oxygen atoms in total. The number of hydrogen-bond donors (Lipinski definition) is 2. The van der Waals surface area contributed by atoms with E-state index < -0.39 is 0 Å². The Hall–Kier alpha value is -3.38. The molecule has 1 aliphatic rings. The van der Waals surface area contributed by atoms with E-state index in [-0.39, 0.29) is 35.5 Å². The maximum atomic E-state index is 15.0. The Kier molecular flexibility index (Phi) is 7.03. The van der Waals surface area contributed by atoms with Gasteiger partial charge in [0.2, 0.25) is 0 Å². The van der Waals surface area contributed by atoms with Gasteiger partial charge in [0.25, 0.3) is 0 Å². The minimum absolute atomic E-state index is 0.165. The van der Waals surface area contributed by atoms with E-state index in [1.807, 2.05) is 6.07 Å². The summed E-state index contributed by atoms with van der Waals surface area (Å²) < 4.78 is 20.5. The van der Waals surface area contributed by atoms with Crippen LogP contribution in [0.4, 0.5) is 10.2 Å². The van der Waals surface area contributed by atoms with E-state index in [1.165, 1.54) is 18.5 Å². The zero-order valence-electron chi connectivity index (χ0n) is 17.0. The fraction of sp³-hybridized carbons (Fsp3) is 0.381. The number of piperidine rings is 1. The summed E-state index contributed by atoms with van der Waals surface area (Å²) in [5.74, 6) is 0.961. The van der Waals surface area contributed by atoms with Crippen LogP contribution in [0.25, 0.3) is 0 Å². The second-order valence-corrected chi connectivity index (χ2v) is 6.92. The lowest BCUT2D eigenvalue weighted by Gasteiger charge is -2.24. The van der Waals surface area contributed by atoms with Gasteiger partial charge < -0.3 is 15.8 Å². The lowest BCUT2D eigenvalue weighted by atomic mass is 9.88. The Bertz CT molecular complexity index is 990. The molecule has 2 heterocycles. The Morgan fingerprint density at radius 3 is 2.70 bits per heavy atom. The molecule has 156 valence electrons.